The van der Waals surface area contributed by atoms with E-state index in [1.807, 2.05) is 17.9 Å². The number of hydrogen-bond donors (Lipinski definition) is 1. The van der Waals surface area contributed by atoms with Crippen LogP contribution in [0.15, 0.2) is 30.5 Å². The predicted molar refractivity (Wildman–Crippen MR) is 95.0 cm³/mol. The van der Waals surface area contributed by atoms with Crippen molar-refractivity contribution in [2.24, 2.45) is 18.7 Å². The van der Waals surface area contributed by atoms with Gasteiger partial charge < -0.3 is 5.73 Å². The number of aryl methyl sites for hydroxylation is 2. The van der Waals surface area contributed by atoms with E-state index in [2.05, 4.69) is 48.1 Å². The van der Waals surface area contributed by atoms with Gasteiger partial charge in [-0.25, -0.2) is 0 Å². The van der Waals surface area contributed by atoms with E-state index in [1.165, 1.54) is 35.2 Å². The second kappa shape index (κ2) is 6.85. The average molecular weight is 312 g/mol. The van der Waals surface area contributed by atoms with Crippen LogP contribution in [0.3, 0.4) is 0 Å². The zero-order valence-electron chi connectivity index (χ0n) is 14.5. The van der Waals surface area contributed by atoms with Crippen molar-refractivity contribution in [1.29, 1.82) is 0 Å². The van der Waals surface area contributed by atoms with Crippen LogP contribution in [0, 0.1) is 12.8 Å². The SMILES string of the molecule is Cc1ccc(CN2CCC(C(C)N)CC2)c(-c2ccnn2C)c1. The third-order valence-corrected chi connectivity index (χ3v) is 5.13. The van der Waals surface area contributed by atoms with Gasteiger partial charge >= 0.3 is 0 Å². The Morgan fingerprint density at radius 1 is 1.26 bits per heavy atom. The molecular weight excluding hydrogens is 284 g/mol. The second-order valence-electron chi connectivity index (χ2n) is 6.97. The number of rotatable bonds is 4. The van der Waals surface area contributed by atoms with Crippen molar-refractivity contribution < 1.29 is 0 Å². The van der Waals surface area contributed by atoms with Gasteiger partial charge in [-0.3, -0.25) is 9.58 Å². The second-order valence-corrected chi connectivity index (χ2v) is 6.97. The fourth-order valence-electron chi connectivity index (χ4n) is 3.58. The molecule has 0 radical (unpaired) electrons. The first-order chi connectivity index (χ1) is 11.0. The fourth-order valence-corrected chi connectivity index (χ4v) is 3.58. The van der Waals surface area contributed by atoms with Crippen LogP contribution in [0.2, 0.25) is 0 Å². The van der Waals surface area contributed by atoms with Gasteiger partial charge in [-0.1, -0.05) is 17.7 Å². The van der Waals surface area contributed by atoms with Gasteiger partial charge in [0.05, 0.1) is 5.69 Å². The van der Waals surface area contributed by atoms with Gasteiger partial charge in [-0.15, -0.1) is 0 Å². The molecule has 0 bridgehead atoms. The summed E-state index contributed by atoms with van der Waals surface area (Å²) in [5.74, 6) is 0.681. The summed E-state index contributed by atoms with van der Waals surface area (Å²) in [6.07, 6.45) is 4.30. The molecule has 4 heteroatoms. The molecule has 2 aromatic rings. The summed E-state index contributed by atoms with van der Waals surface area (Å²) in [6.45, 7) is 7.58. The first-order valence-electron chi connectivity index (χ1n) is 8.60. The van der Waals surface area contributed by atoms with Crippen LogP contribution in [0.5, 0.6) is 0 Å². The fraction of sp³-hybridized carbons (Fsp3) is 0.526. The Kier molecular flexibility index (Phi) is 4.83. The highest BCUT2D eigenvalue weighted by Crippen LogP contribution is 2.27. The molecule has 1 aliphatic heterocycles. The van der Waals surface area contributed by atoms with Crippen molar-refractivity contribution in [3.8, 4) is 11.3 Å². The Hall–Kier alpha value is -1.65. The number of nitrogens with two attached hydrogens (primary N) is 1. The van der Waals surface area contributed by atoms with E-state index in [9.17, 15) is 0 Å². The van der Waals surface area contributed by atoms with Crippen LogP contribution in [0.25, 0.3) is 11.3 Å². The molecule has 2 N–H and O–H groups in total. The molecule has 1 saturated heterocycles. The van der Waals surface area contributed by atoms with E-state index < -0.39 is 0 Å². The van der Waals surface area contributed by atoms with Crippen molar-refractivity contribution in [3.05, 3.63) is 41.6 Å². The van der Waals surface area contributed by atoms with Crippen molar-refractivity contribution >= 4 is 0 Å². The number of benzene rings is 1. The summed E-state index contributed by atoms with van der Waals surface area (Å²) in [4.78, 5) is 2.56. The first-order valence-corrected chi connectivity index (χ1v) is 8.60. The highest BCUT2D eigenvalue weighted by atomic mass is 15.3. The Bertz CT molecular complexity index is 651. The van der Waals surface area contributed by atoms with Crippen LogP contribution in [0.1, 0.15) is 30.9 Å². The summed E-state index contributed by atoms with van der Waals surface area (Å²) >= 11 is 0. The van der Waals surface area contributed by atoms with E-state index >= 15 is 0 Å². The number of likely N-dealkylation sites (tertiary alicyclic amines) is 1. The van der Waals surface area contributed by atoms with Gasteiger partial charge in [0.1, 0.15) is 0 Å². The minimum Gasteiger partial charge on any atom is -0.328 e. The Morgan fingerprint density at radius 3 is 2.61 bits per heavy atom. The molecule has 1 atom stereocenters. The lowest BCUT2D eigenvalue weighted by Crippen LogP contribution is -2.39. The molecule has 2 heterocycles. The van der Waals surface area contributed by atoms with Gasteiger partial charge in [0, 0.05) is 31.4 Å². The molecule has 0 amide bonds. The summed E-state index contributed by atoms with van der Waals surface area (Å²) in [7, 11) is 2.01. The Morgan fingerprint density at radius 2 is 2.00 bits per heavy atom. The highest BCUT2D eigenvalue weighted by Gasteiger charge is 2.22. The lowest BCUT2D eigenvalue weighted by Gasteiger charge is -2.34. The molecule has 3 rings (SSSR count). The third-order valence-electron chi connectivity index (χ3n) is 5.13. The van der Waals surface area contributed by atoms with Gasteiger partial charge in [0.15, 0.2) is 0 Å². The maximum absolute atomic E-state index is 6.06. The molecule has 1 aromatic heterocycles. The standard InChI is InChI=1S/C19H28N4/c1-14-4-5-17(18(12-14)19-6-9-21-22(19)3)13-23-10-7-16(8-11-23)15(2)20/h4-6,9,12,15-16H,7-8,10-11,13,20H2,1-3H3. The minimum atomic E-state index is 0.321. The van der Waals surface area contributed by atoms with Crippen LogP contribution in [0.4, 0.5) is 0 Å². The molecular formula is C19H28N4. The van der Waals surface area contributed by atoms with Crippen LogP contribution in [-0.2, 0) is 13.6 Å². The Labute approximate surface area is 139 Å². The topological polar surface area (TPSA) is 47.1 Å². The molecule has 1 aliphatic rings. The molecule has 124 valence electrons. The Balaban J connectivity index is 1.78. The molecule has 1 unspecified atom stereocenters. The van der Waals surface area contributed by atoms with Gasteiger partial charge in [-0.05, 0) is 63.4 Å². The zero-order valence-corrected chi connectivity index (χ0v) is 14.5. The van der Waals surface area contributed by atoms with Crippen LogP contribution >= 0.6 is 0 Å². The molecule has 23 heavy (non-hydrogen) atoms. The summed E-state index contributed by atoms with van der Waals surface area (Å²) in [6, 6.07) is 9.18. The van der Waals surface area contributed by atoms with E-state index in [4.69, 9.17) is 5.73 Å². The molecule has 0 aliphatic carbocycles. The van der Waals surface area contributed by atoms with Crippen molar-refractivity contribution in [2.45, 2.75) is 39.3 Å². The normalized spacial score (nSPS) is 18.3. The highest BCUT2D eigenvalue weighted by molar-refractivity contribution is 5.64. The molecule has 0 spiro atoms. The lowest BCUT2D eigenvalue weighted by molar-refractivity contribution is 0.166. The third kappa shape index (κ3) is 3.65. The van der Waals surface area contributed by atoms with E-state index in [1.54, 1.807) is 0 Å². The van der Waals surface area contributed by atoms with Crippen molar-refractivity contribution in [1.82, 2.24) is 14.7 Å². The summed E-state index contributed by atoms with van der Waals surface area (Å²) < 4.78 is 1.96. The zero-order chi connectivity index (χ0) is 16.4. The van der Waals surface area contributed by atoms with E-state index in [0.29, 0.717) is 12.0 Å². The van der Waals surface area contributed by atoms with Crippen molar-refractivity contribution in [3.63, 3.8) is 0 Å². The van der Waals surface area contributed by atoms with Gasteiger partial charge in [-0.2, -0.15) is 5.10 Å². The maximum atomic E-state index is 6.06. The van der Waals surface area contributed by atoms with Gasteiger partial charge in [0.25, 0.3) is 0 Å². The minimum absolute atomic E-state index is 0.321. The molecule has 0 saturated carbocycles. The smallest absolute Gasteiger partial charge is 0.0682 e. The number of hydrogen-bond acceptors (Lipinski definition) is 3. The summed E-state index contributed by atoms with van der Waals surface area (Å²) in [5.41, 5.74) is 11.2. The van der Waals surface area contributed by atoms with Crippen LogP contribution < -0.4 is 5.73 Å². The number of nitrogens with zero attached hydrogens (tertiary/aromatic N) is 3. The molecule has 1 fully saturated rings. The molecule has 4 nitrogen and oxygen atoms in total. The first kappa shape index (κ1) is 16.2. The predicted octanol–water partition coefficient (Wildman–Crippen LogP) is 2.95. The lowest BCUT2D eigenvalue weighted by atomic mass is 9.90. The van der Waals surface area contributed by atoms with E-state index in [-0.39, 0.29) is 0 Å². The number of piperidine rings is 1. The monoisotopic (exact) mass is 312 g/mol. The van der Waals surface area contributed by atoms with Gasteiger partial charge in [0.2, 0.25) is 0 Å². The average Bonchev–Trinajstić information content (AvgIpc) is 2.95. The molecule has 1 aromatic carbocycles. The quantitative estimate of drug-likeness (QED) is 0.944. The largest absolute Gasteiger partial charge is 0.328 e. The van der Waals surface area contributed by atoms with Crippen LogP contribution in [-0.4, -0.2) is 33.8 Å². The van der Waals surface area contributed by atoms with Crippen molar-refractivity contribution in [2.75, 3.05) is 13.1 Å². The summed E-state index contributed by atoms with van der Waals surface area (Å²) in [5, 5.41) is 4.33. The maximum Gasteiger partial charge on any atom is 0.0682 e. The van der Waals surface area contributed by atoms with E-state index in [0.717, 1.165) is 19.6 Å². The number of aromatic nitrogens is 2.